The Bertz CT molecular complexity index is 942. The molecule has 2 aromatic carbocycles. The Kier molecular flexibility index (Phi) is 5.63. The minimum atomic E-state index is -4.43. The van der Waals surface area contributed by atoms with Gasteiger partial charge in [-0.15, -0.1) is 4.83 Å². The molecule has 10 heteroatoms. The molecule has 0 bridgehead atoms. The second kappa shape index (κ2) is 7.69. The smallest absolute Gasteiger partial charge is 0.272 e. The molecular weight excluding hydrogens is 356 g/mol. The maximum Gasteiger partial charge on any atom is 0.272 e. The van der Waals surface area contributed by atoms with Crippen LogP contribution in [0.1, 0.15) is 5.56 Å². The molecule has 0 atom stereocenters. The van der Waals surface area contributed by atoms with Crippen LogP contribution in [0.15, 0.2) is 47.4 Å². The number of halogens is 2. The Labute approximate surface area is 141 Å². The van der Waals surface area contributed by atoms with Gasteiger partial charge in [0.15, 0.2) is 6.61 Å². The van der Waals surface area contributed by atoms with Crippen LogP contribution in [-0.4, -0.2) is 20.9 Å². The molecule has 7 nitrogen and oxygen atoms in total. The van der Waals surface area contributed by atoms with Crippen LogP contribution in [0.25, 0.3) is 0 Å². The van der Waals surface area contributed by atoms with Gasteiger partial charge in [0.25, 0.3) is 15.9 Å². The number of hydrazine groups is 1. The van der Waals surface area contributed by atoms with Crippen LogP contribution in [-0.2, 0) is 14.8 Å². The molecule has 0 unspecified atom stereocenters. The second-order valence-electron chi connectivity index (χ2n) is 4.63. The second-order valence-corrected chi connectivity index (χ2v) is 6.28. The lowest BCUT2D eigenvalue weighted by atomic mass is 10.2. The highest BCUT2D eigenvalue weighted by Gasteiger charge is 2.20. The summed E-state index contributed by atoms with van der Waals surface area (Å²) in [7, 11) is -4.43. The number of rotatable bonds is 6. The minimum absolute atomic E-state index is 0.146. The van der Waals surface area contributed by atoms with Crippen LogP contribution in [0, 0.1) is 23.0 Å². The first-order chi connectivity index (χ1) is 11.8. The van der Waals surface area contributed by atoms with Gasteiger partial charge in [-0.25, -0.2) is 17.2 Å². The van der Waals surface area contributed by atoms with Crippen molar-refractivity contribution in [2.75, 3.05) is 6.61 Å². The van der Waals surface area contributed by atoms with Gasteiger partial charge in [-0.3, -0.25) is 10.2 Å². The fourth-order valence-electron chi connectivity index (χ4n) is 1.74. The van der Waals surface area contributed by atoms with Gasteiger partial charge >= 0.3 is 0 Å². The lowest BCUT2D eigenvalue weighted by molar-refractivity contribution is -0.123. The van der Waals surface area contributed by atoms with Crippen molar-refractivity contribution in [1.82, 2.24) is 10.3 Å². The van der Waals surface area contributed by atoms with E-state index in [1.807, 2.05) is 11.5 Å². The number of nitrogens with one attached hydrogen (secondary N) is 2. The van der Waals surface area contributed by atoms with Gasteiger partial charge in [0.1, 0.15) is 28.3 Å². The highest BCUT2D eigenvalue weighted by atomic mass is 32.2. The standard InChI is InChI=1S/C15H11F2N3O4S/c16-11-5-6-14(12(17)7-11)25(22,23)20-19-15(21)9-24-13-4-2-1-3-10(13)8-18/h1-7,20H,9H2,(H,19,21). The summed E-state index contributed by atoms with van der Waals surface area (Å²) in [6.07, 6.45) is 0. The molecule has 0 aromatic heterocycles. The fraction of sp³-hybridized carbons (Fsp3) is 0.0667. The van der Waals surface area contributed by atoms with E-state index in [4.69, 9.17) is 10.00 Å². The normalized spacial score (nSPS) is 10.8. The van der Waals surface area contributed by atoms with Crippen molar-refractivity contribution in [3.63, 3.8) is 0 Å². The number of hydrogen-bond donors (Lipinski definition) is 2. The predicted octanol–water partition coefficient (Wildman–Crippen LogP) is 1.22. The third-order valence-electron chi connectivity index (χ3n) is 2.87. The van der Waals surface area contributed by atoms with E-state index in [-0.39, 0.29) is 11.3 Å². The number of benzene rings is 2. The molecule has 25 heavy (non-hydrogen) atoms. The summed E-state index contributed by atoms with van der Waals surface area (Å²) in [6.45, 7) is -0.590. The number of sulfonamides is 1. The summed E-state index contributed by atoms with van der Waals surface area (Å²) in [6, 6.07) is 9.90. The van der Waals surface area contributed by atoms with Crippen molar-refractivity contribution >= 4 is 15.9 Å². The Morgan fingerprint density at radius 1 is 1.20 bits per heavy atom. The van der Waals surface area contributed by atoms with Gasteiger partial charge in [-0.1, -0.05) is 12.1 Å². The van der Waals surface area contributed by atoms with E-state index in [0.29, 0.717) is 6.07 Å². The van der Waals surface area contributed by atoms with E-state index in [1.54, 1.807) is 17.0 Å². The molecule has 2 N–H and O–H groups in total. The van der Waals surface area contributed by atoms with Crippen LogP contribution < -0.4 is 15.0 Å². The number of carbonyl (C=O) groups is 1. The number of carbonyl (C=O) groups excluding carboxylic acids is 1. The summed E-state index contributed by atoms with van der Waals surface area (Å²) in [4.78, 5) is 12.5. The molecule has 0 heterocycles. The average molecular weight is 367 g/mol. The van der Waals surface area contributed by atoms with Gasteiger partial charge in [0.2, 0.25) is 0 Å². The van der Waals surface area contributed by atoms with Crippen LogP contribution in [0.3, 0.4) is 0 Å². The van der Waals surface area contributed by atoms with Crippen molar-refractivity contribution < 1.29 is 26.7 Å². The fourth-order valence-corrected chi connectivity index (χ4v) is 2.66. The van der Waals surface area contributed by atoms with E-state index < -0.39 is 39.1 Å². The summed E-state index contributed by atoms with van der Waals surface area (Å²) < 4.78 is 55.2. The largest absolute Gasteiger partial charge is 0.482 e. The molecular formula is C15H11F2N3O4S. The Morgan fingerprint density at radius 3 is 2.60 bits per heavy atom. The molecule has 1 amide bonds. The monoisotopic (exact) mass is 367 g/mol. The average Bonchev–Trinajstić information content (AvgIpc) is 2.58. The van der Waals surface area contributed by atoms with Crippen LogP contribution >= 0.6 is 0 Å². The minimum Gasteiger partial charge on any atom is -0.482 e. The van der Waals surface area contributed by atoms with Crippen molar-refractivity contribution in [3.8, 4) is 11.8 Å². The van der Waals surface area contributed by atoms with Crippen molar-refractivity contribution in [1.29, 1.82) is 5.26 Å². The molecule has 0 aliphatic carbocycles. The molecule has 2 aromatic rings. The van der Waals surface area contributed by atoms with E-state index in [9.17, 15) is 22.0 Å². The lowest BCUT2D eigenvalue weighted by Crippen LogP contribution is -2.44. The van der Waals surface area contributed by atoms with Crippen LogP contribution in [0.4, 0.5) is 8.78 Å². The topological polar surface area (TPSA) is 108 Å². The number of ether oxygens (including phenoxy) is 1. The highest BCUT2D eigenvalue weighted by molar-refractivity contribution is 7.89. The van der Waals surface area contributed by atoms with Crippen molar-refractivity contribution in [3.05, 3.63) is 59.7 Å². The number of nitrogens with zero attached hydrogens (tertiary/aromatic N) is 1. The Balaban J connectivity index is 1.96. The third kappa shape index (κ3) is 4.72. The predicted molar refractivity (Wildman–Crippen MR) is 81.5 cm³/mol. The van der Waals surface area contributed by atoms with E-state index in [0.717, 1.165) is 12.1 Å². The quantitative estimate of drug-likeness (QED) is 0.747. The maximum absolute atomic E-state index is 13.5. The van der Waals surface area contributed by atoms with Crippen molar-refractivity contribution in [2.45, 2.75) is 4.90 Å². The van der Waals surface area contributed by atoms with E-state index >= 15 is 0 Å². The summed E-state index contributed by atoms with van der Waals surface area (Å²) in [5, 5.41) is 8.88. The third-order valence-corrected chi connectivity index (χ3v) is 4.16. The van der Waals surface area contributed by atoms with Gasteiger partial charge in [0, 0.05) is 6.07 Å². The zero-order valence-corrected chi connectivity index (χ0v) is 13.3. The molecule has 0 radical (unpaired) electrons. The molecule has 0 aliphatic heterocycles. The molecule has 0 saturated carbocycles. The molecule has 130 valence electrons. The Hall–Kier alpha value is -3.03. The van der Waals surface area contributed by atoms with Crippen LogP contribution in [0.2, 0.25) is 0 Å². The van der Waals surface area contributed by atoms with Crippen molar-refractivity contribution in [2.24, 2.45) is 0 Å². The first kappa shape index (κ1) is 18.3. The van der Waals surface area contributed by atoms with Gasteiger partial charge in [-0.05, 0) is 24.3 Å². The van der Waals surface area contributed by atoms with Gasteiger partial charge in [0.05, 0.1) is 5.56 Å². The number of hydrogen-bond acceptors (Lipinski definition) is 5. The number of amides is 1. The van der Waals surface area contributed by atoms with Gasteiger partial charge in [-0.2, -0.15) is 5.26 Å². The highest BCUT2D eigenvalue weighted by Crippen LogP contribution is 2.16. The summed E-state index contributed by atoms with van der Waals surface area (Å²) in [5.74, 6) is -2.99. The zero-order valence-electron chi connectivity index (χ0n) is 12.5. The van der Waals surface area contributed by atoms with Gasteiger partial charge < -0.3 is 4.74 Å². The first-order valence-corrected chi connectivity index (χ1v) is 8.19. The molecule has 0 saturated heterocycles. The summed E-state index contributed by atoms with van der Waals surface area (Å²) >= 11 is 0. The zero-order chi connectivity index (χ0) is 18.4. The van der Waals surface area contributed by atoms with E-state index in [2.05, 4.69) is 0 Å². The van der Waals surface area contributed by atoms with E-state index in [1.165, 1.54) is 12.1 Å². The molecule has 2 rings (SSSR count). The first-order valence-electron chi connectivity index (χ1n) is 6.71. The number of nitriles is 1. The lowest BCUT2D eigenvalue weighted by Gasteiger charge is -2.10. The maximum atomic E-state index is 13.5. The Morgan fingerprint density at radius 2 is 1.92 bits per heavy atom. The molecule has 0 aliphatic rings. The summed E-state index contributed by atoms with van der Waals surface area (Å²) in [5.41, 5.74) is 2.02. The van der Waals surface area contributed by atoms with Crippen LogP contribution in [0.5, 0.6) is 5.75 Å². The molecule has 0 fully saturated rings. The molecule has 0 spiro atoms. The number of para-hydroxylation sites is 1. The SMILES string of the molecule is N#Cc1ccccc1OCC(=O)NNS(=O)(=O)c1ccc(F)cc1F.